The number of benzene rings is 3. The van der Waals surface area contributed by atoms with E-state index in [2.05, 4.69) is 21.2 Å². The van der Waals surface area contributed by atoms with Gasteiger partial charge in [0.2, 0.25) is 0 Å². The van der Waals surface area contributed by atoms with Crippen LogP contribution < -0.4 is 20.8 Å². The highest BCUT2D eigenvalue weighted by Gasteiger charge is 2.15. The van der Waals surface area contributed by atoms with Crippen LogP contribution in [0, 0.1) is 0 Å². The molecule has 0 saturated heterocycles. The summed E-state index contributed by atoms with van der Waals surface area (Å²) in [6.07, 6.45) is 1.30. The first-order valence-electron chi connectivity index (χ1n) is 10.0. The number of carbonyl (C=O) groups is 3. The Kier molecular flexibility index (Phi) is 9.02. The van der Waals surface area contributed by atoms with E-state index in [-0.39, 0.29) is 28.2 Å². The minimum Gasteiger partial charge on any atom is -0.483 e. The molecule has 8 nitrogen and oxygen atoms in total. The molecule has 3 rings (SSSR count). The number of halogens is 2. The SMILES string of the molecule is O=C(COc1ccccc1/C=N\NC(=O)C(=O)Nc1cccc(Cl)c1Cl)NCc1ccccc1. The molecular formula is C24H20Cl2N4O4. The van der Waals surface area contributed by atoms with Crippen LogP contribution >= 0.6 is 23.2 Å². The van der Waals surface area contributed by atoms with Crippen LogP contribution in [0.15, 0.2) is 77.9 Å². The largest absolute Gasteiger partial charge is 0.483 e. The highest BCUT2D eigenvalue weighted by atomic mass is 35.5. The maximum Gasteiger partial charge on any atom is 0.329 e. The molecule has 0 bridgehead atoms. The molecule has 0 unspecified atom stereocenters. The first-order chi connectivity index (χ1) is 16.4. The monoisotopic (exact) mass is 498 g/mol. The van der Waals surface area contributed by atoms with Crippen molar-refractivity contribution in [2.75, 3.05) is 11.9 Å². The molecule has 0 aromatic heterocycles. The van der Waals surface area contributed by atoms with E-state index in [1.807, 2.05) is 30.3 Å². The maximum absolute atomic E-state index is 12.1. The molecule has 0 fully saturated rings. The van der Waals surface area contributed by atoms with Gasteiger partial charge in [0.1, 0.15) is 5.75 Å². The fourth-order valence-electron chi connectivity index (χ4n) is 2.70. The molecule has 3 amide bonds. The third kappa shape index (κ3) is 7.33. The topological polar surface area (TPSA) is 109 Å². The van der Waals surface area contributed by atoms with Gasteiger partial charge in [0.05, 0.1) is 21.9 Å². The number of amides is 3. The van der Waals surface area contributed by atoms with Crippen molar-refractivity contribution in [3.63, 3.8) is 0 Å². The van der Waals surface area contributed by atoms with Crippen molar-refractivity contribution in [2.24, 2.45) is 5.10 Å². The zero-order valence-corrected chi connectivity index (χ0v) is 19.3. The van der Waals surface area contributed by atoms with Crippen LogP contribution in [0.3, 0.4) is 0 Å². The molecule has 3 aromatic carbocycles. The second kappa shape index (κ2) is 12.4. The third-order valence-electron chi connectivity index (χ3n) is 4.39. The Morgan fingerprint density at radius 3 is 2.41 bits per heavy atom. The molecule has 0 radical (unpaired) electrons. The van der Waals surface area contributed by atoms with Crippen LogP contribution in [0.5, 0.6) is 5.75 Å². The van der Waals surface area contributed by atoms with Crippen molar-refractivity contribution in [3.8, 4) is 5.75 Å². The zero-order chi connectivity index (χ0) is 24.3. The van der Waals surface area contributed by atoms with Gasteiger partial charge < -0.3 is 15.4 Å². The molecule has 0 heterocycles. The number of carbonyl (C=O) groups excluding carboxylic acids is 3. The fourth-order valence-corrected chi connectivity index (χ4v) is 3.05. The Morgan fingerprint density at radius 1 is 0.882 bits per heavy atom. The molecule has 34 heavy (non-hydrogen) atoms. The van der Waals surface area contributed by atoms with Crippen LogP contribution in [0.25, 0.3) is 0 Å². The number of hydrogen-bond acceptors (Lipinski definition) is 5. The van der Waals surface area contributed by atoms with Gasteiger partial charge in [-0.1, -0.05) is 71.7 Å². The second-order valence-corrected chi connectivity index (χ2v) is 7.63. The van der Waals surface area contributed by atoms with E-state index < -0.39 is 11.8 Å². The second-order valence-electron chi connectivity index (χ2n) is 6.84. The van der Waals surface area contributed by atoms with Gasteiger partial charge >= 0.3 is 11.8 Å². The minimum absolute atomic E-state index is 0.118. The molecule has 174 valence electrons. The van der Waals surface area contributed by atoms with E-state index in [0.717, 1.165) is 5.56 Å². The first-order valence-corrected chi connectivity index (χ1v) is 10.8. The number of hydrogen-bond donors (Lipinski definition) is 3. The van der Waals surface area contributed by atoms with Gasteiger partial charge in [0.25, 0.3) is 5.91 Å². The van der Waals surface area contributed by atoms with Crippen LogP contribution in [0.1, 0.15) is 11.1 Å². The van der Waals surface area contributed by atoms with Gasteiger partial charge in [-0.3, -0.25) is 14.4 Å². The molecule has 0 aliphatic heterocycles. The number of ether oxygens (including phenoxy) is 1. The van der Waals surface area contributed by atoms with Gasteiger partial charge in [0, 0.05) is 12.1 Å². The standard InChI is InChI=1S/C24H20Cl2N4O4/c25-18-10-6-11-19(22(18)26)29-23(32)24(33)30-28-14-17-9-4-5-12-20(17)34-15-21(31)27-13-16-7-2-1-3-8-16/h1-12,14H,13,15H2,(H,27,31)(H,29,32)(H,30,33)/b28-14-. The van der Waals surface area contributed by atoms with E-state index in [9.17, 15) is 14.4 Å². The number of anilines is 1. The van der Waals surface area contributed by atoms with Crippen LogP contribution in [0.2, 0.25) is 10.0 Å². The fraction of sp³-hybridized carbons (Fsp3) is 0.0833. The Bertz CT molecular complexity index is 1200. The lowest BCUT2D eigenvalue weighted by atomic mass is 10.2. The van der Waals surface area contributed by atoms with Gasteiger partial charge in [-0.2, -0.15) is 5.10 Å². The molecule has 10 heteroatoms. The highest BCUT2D eigenvalue weighted by molar-refractivity contribution is 6.45. The van der Waals surface area contributed by atoms with Crippen molar-refractivity contribution in [3.05, 3.63) is 94.0 Å². The van der Waals surface area contributed by atoms with E-state index in [0.29, 0.717) is 17.9 Å². The maximum atomic E-state index is 12.1. The summed E-state index contributed by atoms with van der Waals surface area (Å²) in [5.74, 6) is -1.89. The van der Waals surface area contributed by atoms with Crippen molar-refractivity contribution in [1.29, 1.82) is 0 Å². The first kappa shape index (κ1) is 24.8. The summed E-state index contributed by atoms with van der Waals surface area (Å²) in [7, 11) is 0. The lowest BCUT2D eigenvalue weighted by molar-refractivity contribution is -0.136. The summed E-state index contributed by atoms with van der Waals surface area (Å²) >= 11 is 11.9. The number of nitrogens with one attached hydrogen (secondary N) is 3. The Labute approximate surface area is 205 Å². The Hall–Kier alpha value is -3.88. The average molecular weight is 499 g/mol. The number of rotatable bonds is 8. The Balaban J connectivity index is 1.51. The third-order valence-corrected chi connectivity index (χ3v) is 5.20. The van der Waals surface area contributed by atoms with E-state index in [1.165, 1.54) is 12.3 Å². The average Bonchev–Trinajstić information content (AvgIpc) is 2.85. The van der Waals surface area contributed by atoms with Crippen LogP contribution in [-0.2, 0) is 20.9 Å². The summed E-state index contributed by atoms with van der Waals surface area (Å²) in [5.41, 5.74) is 3.79. The lowest BCUT2D eigenvalue weighted by Crippen LogP contribution is -2.32. The Morgan fingerprint density at radius 2 is 1.62 bits per heavy atom. The normalized spacial score (nSPS) is 10.5. The van der Waals surface area contributed by atoms with Crippen LogP contribution in [-0.4, -0.2) is 30.5 Å². The van der Waals surface area contributed by atoms with Crippen molar-refractivity contribution >= 4 is 52.8 Å². The quantitative estimate of drug-likeness (QED) is 0.249. The minimum atomic E-state index is -1.01. The summed E-state index contributed by atoms with van der Waals surface area (Å²) < 4.78 is 5.57. The molecular weight excluding hydrogens is 479 g/mol. The van der Waals surface area contributed by atoms with E-state index >= 15 is 0 Å². The highest BCUT2D eigenvalue weighted by Crippen LogP contribution is 2.29. The molecule has 0 spiro atoms. The predicted octanol–water partition coefficient (Wildman–Crippen LogP) is 3.78. The van der Waals surface area contributed by atoms with Gasteiger partial charge in [0.15, 0.2) is 6.61 Å². The molecule has 0 atom stereocenters. The lowest BCUT2D eigenvalue weighted by Gasteiger charge is -2.10. The van der Waals surface area contributed by atoms with Crippen LogP contribution in [0.4, 0.5) is 5.69 Å². The molecule has 0 saturated carbocycles. The van der Waals surface area contributed by atoms with E-state index in [4.69, 9.17) is 27.9 Å². The number of nitrogens with zero attached hydrogens (tertiary/aromatic N) is 1. The van der Waals surface area contributed by atoms with Gasteiger partial charge in [-0.05, 0) is 29.8 Å². The van der Waals surface area contributed by atoms with Gasteiger partial charge in [-0.15, -0.1) is 0 Å². The van der Waals surface area contributed by atoms with Crippen molar-refractivity contribution in [1.82, 2.24) is 10.7 Å². The van der Waals surface area contributed by atoms with Crippen molar-refractivity contribution < 1.29 is 19.1 Å². The zero-order valence-electron chi connectivity index (χ0n) is 17.8. The number of hydrazone groups is 1. The predicted molar refractivity (Wildman–Crippen MR) is 131 cm³/mol. The van der Waals surface area contributed by atoms with Crippen molar-refractivity contribution in [2.45, 2.75) is 6.54 Å². The number of para-hydroxylation sites is 1. The summed E-state index contributed by atoms with van der Waals surface area (Å²) in [6, 6.07) is 20.9. The molecule has 3 N–H and O–H groups in total. The summed E-state index contributed by atoms with van der Waals surface area (Å²) in [6.45, 7) is 0.188. The molecule has 0 aliphatic rings. The molecule has 3 aromatic rings. The van der Waals surface area contributed by atoms with E-state index in [1.54, 1.807) is 36.4 Å². The smallest absolute Gasteiger partial charge is 0.329 e. The summed E-state index contributed by atoms with van der Waals surface area (Å²) in [5, 5.41) is 9.27. The summed E-state index contributed by atoms with van der Waals surface area (Å²) in [4.78, 5) is 36.2. The van der Waals surface area contributed by atoms with Gasteiger partial charge in [-0.25, -0.2) is 5.43 Å². The molecule has 0 aliphatic carbocycles.